The largest absolute Gasteiger partial charge is 0.0885 e. The fourth-order valence-corrected chi connectivity index (χ4v) is 2.23. The van der Waals surface area contributed by atoms with E-state index < -0.39 is 0 Å². The first-order valence-corrected chi connectivity index (χ1v) is 7.30. The molecule has 0 heteroatoms. The van der Waals surface area contributed by atoms with Gasteiger partial charge in [-0.1, -0.05) is 50.0 Å². The van der Waals surface area contributed by atoms with Gasteiger partial charge in [0, 0.05) is 0 Å². The summed E-state index contributed by atoms with van der Waals surface area (Å²) in [6, 6.07) is 0. The van der Waals surface area contributed by atoms with Crippen LogP contribution in [0.2, 0.25) is 0 Å². The Kier molecular flexibility index (Phi) is 9.30. The van der Waals surface area contributed by atoms with Gasteiger partial charge in [-0.15, -0.1) is 0 Å². The molecule has 0 unspecified atom stereocenters. The highest BCUT2D eigenvalue weighted by Crippen LogP contribution is 2.10. The van der Waals surface area contributed by atoms with Crippen LogP contribution < -0.4 is 0 Å². The third kappa shape index (κ3) is 8.76. The molecule has 0 aromatic heterocycles. The van der Waals surface area contributed by atoms with Crippen molar-refractivity contribution in [1.29, 1.82) is 0 Å². The maximum Gasteiger partial charge on any atom is -0.0351 e. The fourth-order valence-electron chi connectivity index (χ4n) is 2.23. The van der Waals surface area contributed by atoms with E-state index in [-0.39, 0.29) is 0 Å². The van der Waals surface area contributed by atoms with Gasteiger partial charge in [0.05, 0.1) is 0 Å². The standard InChI is InChI=1S/C16H28/c1-2-4-6-8-10-12-14-16-15-13-11-9-7-5-3-1/h1-2,13,15H,3-12,14,16H2/b2-1-,15-13-. The second-order valence-electron chi connectivity index (χ2n) is 4.93. The van der Waals surface area contributed by atoms with Crippen molar-refractivity contribution in [2.24, 2.45) is 0 Å². The summed E-state index contributed by atoms with van der Waals surface area (Å²) in [6.45, 7) is 0. The van der Waals surface area contributed by atoms with Gasteiger partial charge < -0.3 is 0 Å². The van der Waals surface area contributed by atoms with E-state index in [0.29, 0.717) is 0 Å². The number of rotatable bonds is 0. The first-order chi connectivity index (χ1) is 8.00. The van der Waals surface area contributed by atoms with Crippen molar-refractivity contribution in [2.75, 3.05) is 0 Å². The molecule has 1 aliphatic rings. The van der Waals surface area contributed by atoms with Crippen LogP contribution in [0.5, 0.6) is 0 Å². The second kappa shape index (κ2) is 11.0. The zero-order valence-corrected chi connectivity index (χ0v) is 10.8. The summed E-state index contributed by atoms with van der Waals surface area (Å²) >= 11 is 0. The van der Waals surface area contributed by atoms with Crippen molar-refractivity contribution < 1.29 is 0 Å². The minimum atomic E-state index is 1.30. The quantitative estimate of drug-likeness (QED) is 0.453. The van der Waals surface area contributed by atoms with Crippen LogP contribution in [0.3, 0.4) is 0 Å². The van der Waals surface area contributed by atoms with E-state index >= 15 is 0 Å². The van der Waals surface area contributed by atoms with Gasteiger partial charge in [-0.2, -0.15) is 0 Å². The van der Waals surface area contributed by atoms with Gasteiger partial charge >= 0.3 is 0 Å². The van der Waals surface area contributed by atoms with E-state index in [1.807, 2.05) is 0 Å². The lowest BCUT2D eigenvalue weighted by molar-refractivity contribution is 0.619. The third-order valence-corrected chi connectivity index (χ3v) is 3.32. The molecule has 16 heavy (non-hydrogen) atoms. The first-order valence-electron chi connectivity index (χ1n) is 7.30. The Morgan fingerprint density at radius 1 is 0.312 bits per heavy atom. The van der Waals surface area contributed by atoms with Gasteiger partial charge in [-0.3, -0.25) is 0 Å². The Labute approximate surface area is 102 Å². The molecule has 0 aromatic carbocycles. The van der Waals surface area contributed by atoms with Crippen LogP contribution in [0.1, 0.15) is 77.0 Å². The molecule has 0 fully saturated rings. The van der Waals surface area contributed by atoms with E-state index in [4.69, 9.17) is 0 Å². The SMILES string of the molecule is C1=C\CCCCCCC/C=C\CCCCC/1. The molecule has 0 radical (unpaired) electrons. The number of hydrogen-bond donors (Lipinski definition) is 0. The van der Waals surface area contributed by atoms with Crippen LogP contribution in [0, 0.1) is 0 Å². The van der Waals surface area contributed by atoms with Crippen LogP contribution in [0.25, 0.3) is 0 Å². The monoisotopic (exact) mass is 220 g/mol. The summed E-state index contributed by atoms with van der Waals surface area (Å²) in [5, 5.41) is 0. The Balaban J connectivity index is 2.14. The van der Waals surface area contributed by atoms with Crippen LogP contribution in [-0.2, 0) is 0 Å². The van der Waals surface area contributed by atoms with E-state index in [1.54, 1.807) is 0 Å². The van der Waals surface area contributed by atoms with E-state index in [0.717, 1.165) is 0 Å². The molecule has 0 spiro atoms. The molecule has 92 valence electrons. The van der Waals surface area contributed by atoms with Gasteiger partial charge in [0.25, 0.3) is 0 Å². The summed E-state index contributed by atoms with van der Waals surface area (Å²) in [7, 11) is 0. The minimum Gasteiger partial charge on any atom is -0.0885 e. The average Bonchev–Trinajstić information content (AvgIpc) is 2.29. The van der Waals surface area contributed by atoms with E-state index in [9.17, 15) is 0 Å². The lowest BCUT2D eigenvalue weighted by atomic mass is 10.1. The normalized spacial score (nSPS) is 26.0. The van der Waals surface area contributed by atoms with Crippen molar-refractivity contribution in [3.05, 3.63) is 24.3 Å². The summed E-state index contributed by atoms with van der Waals surface area (Å²) in [4.78, 5) is 0. The molecule has 0 heterocycles. The molecule has 0 aromatic rings. The molecule has 0 aliphatic heterocycles. The Morgan fingerprint density at radius 3 is 0.938 bits per heavy atom. The Hall–Kier alpha value is -0.520. The van der Waals surface area contributed by atoms with Crippen LogP contribution in [0.15, 0.2) is 24.3 Å². The predicted molar refractivity (Wildman–Crippen MR) is 73.7 cm³/mol. The van der Waals surface area contributed by atoms with Gasteiger partial charge in [-0.25, -0.2) is 0 Å². The van der Waals surface area contributed by atoms with Gasteiger partial charge in [0.1, 0.15) is 0 Å². The average molecular weight is 220 g/mol. The molecule has 0 N–H and O–H groups in total. The maximum atomic E-state index is 2.39. The Morgan fingerprint density at radius 2 is 0.562 bits per heavy atom. The molecule has 0 amide bonds. The summed E-state index contributed by atoms with van der Waals surface area (Å²) in [5.41, 5.74) is 0. The fraction of sp³-hybridized carbons (Fsp3) is 0.750. The zero-order valence-electron chi connectivity index (χ0n) is 10.8. The third-order valence-electron chi connectivity index (χ3n) is 3.32. The molecule has 0 atom stereocenters. The van der Waals surface area contributed by atoms with Crippen LogP contribution in [-0.4, -0.2) is 0 Å². The molecular weight excluding hydrogens is 192 g/mol. The first kappa shape index (κ1) is 13.5. The minimum absolute atomic E-state index is 1.30. The van der Waals surface area contributed by atoms with Crippen molar-refractivity contribution in [2.45, 2.75) is 77.0 Å². The van der Waals surface area contributed by atoms with Crippen LogP contribution in [0.4, 0.5) is 0 Å². The lowest BCUT2D eigenvalue weighted by Gasteiger charge is -2.00. The lowest BCUT2D eigenvalue weighted by Crippen LogP contribution is -1.80. The van der Waals surface area contributed by atoms with Crippen molar-refractivity contribution in [3.8, 4) is 0 Å². The molecule has 1 aliphatic carbocycles. The topological polar surface area (TPSA) is 0 Å². The van der Waals surface area contributed by atoms with Crippen molar-refractivity contribution in [3.63, 3.8) is 0 Å². The van der Waals surface area contributed by atoms with Crippen molar-refractivity contribution >= 4 is 0 Å². The second-order valence-corrected chi connectivity index (χ2v) is 4.93. The van der Waals surface area contributed by atoms with E-state index in [2.05, 4.69) is 24.3 Å². The highest BCUT2D eigenvalue weighted by Gasteiger charge is 1.90. The van der Waals surface area contributed by atoms with E-state index in [1.165, 1.54) is 77.0 Å². The maximum absolute atomic E-state index is 2.39. The molecule has 0 saturated carbocycles. The summed E-state index contributed by atoms with van der Waals surface area (Å²) < 4.78 is 0. The molecular formula is C16H28. The van der Waals surface area contributed by atoms with Gasteiger partial charge in [0.2, 0.25) is 0 Å². The molecule has 1 rings (SSSR count). The molecule has 0 bridgehead atoms. The number of hydrogen-bond acceptors (Lipinski definition) is 0. The summed E-state index contributed by atoms with van der Waals surface area (Å²) in [5.74, 6) is 0. The number of allylic oxidation sites excluding steroid dienone is 4. The molecule has 0 saturated heterocycles. The highest BCUT2D eigenvalue weighted by molar-refractivity contribution is 4.83. The molecule has 0 nitrogen and oxygen atoms in total. The smallest absolute Gasteiger partial charge is 0.0351 e. The van der Waals surface area contributed by atoms with Gasteiger partial charge in [-0.05, 0) is 51.4 Å². The Bertz CT molecular complexity index is 168. The predicted octanol–water partition coefficient (Wildman–Crippen LogP) is 5.79. The van der Waals surface area contributed by atoms with Crippen molar-refractivity contribution in [1.82, 2.24) is 0 Å². The highest BCUT2D eigenvalue weighted by atomic mass is 14.0. The van der Waals surface area contributed by atoms with Crippen LogP contribution >= 0.6 is 0 Å². The summed E-state index contributed by atoms with van der Waals surface area (Å²) in [6.07, 6.45) is 26.0. The zero-order chi connectivity index (χ0) is 11.3. The van der Waals surface area contributed by atoms with Gasteiger partial charge in [0.15, 0.2) is 0 Å².